The second-order valence-electron chi connectivity index (χ2n) is 3.36. The van der Waals surface area contributed by atoms with Gasteiger partial charge >= 0.3 is 0 Å². The van der Waals surface area contributed by atoms with Crippen LogP contribution in [0.1, 0.15) is 5.56 Å². The molecule has 0 aliphatic carbocycles. The third-order valence-corrected chi connectivity index (χ3v) is 1.91. The second-order valence-corrected chi connectivity index (χ2v) is 3.36. The fourth-order valence-corrected chi connectivity index (χ4v) is 1.31. The molecule has 0 amide bonds. The number of hydrogen-bond donors (Lipinski definition) is 2. The standard InChI is InChI=1S/C11H10N2O3/c1-7-2-8(14)4-9(3-7)16-11-5-10(15)12-6-13-11/h2-6,14H,1H3,(H,12,13,15). The molecule has 0 unspecified atom stereocenters. The van der Waals surface area contributed by atoms with Crippen molar-refractivity contribution in [2.24, 2.45) is 0 Å². The summed E-state index contributed by atoms with van der Waals surface area (Å²) >= 11 is 0. The van der Waals surface area contributed by atoms with E-state index in [0.29, 0.717) is 5.75 Å². The molecule has 0 fully saturated rings. The Balaban J connectivity index is 2.30. The molecule has 1 aromatic heterocycles. The number of phenolic OH excluding ortho intramolecular Hbond substituents is 1. The van der Waals surface area contributed by atoms with E-state index in [9.17, 15) is 9.90 Å². The molecule has 0 bridgehead atoms. The zero-order valence-electron chi connectivity index (χ0n) is 8.60. The van der Waals surface area contributed by atoms with Crippen molar-refractivity contribution in [3.8, 4) is 17.4 Å². The van der Waals surface area contributed by atoms with Gasteiger partial charge in [-0.15, -0.1) is 0 Å². The molecule has 0 saturated heterocycles. The molecule has 0 saturated carbocycles. The molecule has 0 radical (unpaired) electrons. The fourth-order valence-electron chi connectivity index (χ4n) is 1.31. The fraction of sp³-hybridized carbons (Fsp3) is 0.0909. The number of aromatic hydroxyl groups is 1. The number of aryl methyl sites for hydroxylation is 1. The summed E-state index contributed by atoms with van der Waals surface area (Å²) in [6.07, 6.45) is 1.26. The van der Waals surface area contributed by atoms with Crippen LogP contribution in [0.15, 0.2) is 35.4 Å². The number of nitrogens with one attached hydrogen (secondary N) is 1. The molecule has 2 N–H and O–H groups in total. The Hall–Kier alpha value is -2.30. The van der Waals surface area contributed by atoms with Crippen molar-refractivity contribution in [3.63, 3.8) is 0 Å². The van der Waals surface area contributed by atoms with Crippen LogP contribution >= 0.6 is 0 Å². The van der Waals surface area contributed by atoms with Gasteiger partial charge in [0.25, 0.3) is 5.56 Å². The molecule has 16 heavy (non-hydrogen) atoms. The van der Waals surface area contributed by atoms with E-state index in [0.717, 1.165) is 5.56 Å². The lowest BCUT2D eigenvalue weighted by Crippen LogP contribution is -2.04. The van der Waals surface area contributed by atoms with E-state index in [-0.39, 0.29) is 17.2 Å². The minimum absolute atomic E-state index is 0.111. The smallest absolute Gasteiger partial charge is 0.254 e. The summed E-state index contributed by atoms with van der Waals surface area (Å²) in [6.45, 7) is 1.83. The van der Waals surface area contributed by atoms with E-state index >= 15 is 0 Å². The highest BCUT2D eigenvalue weighted by Gasteiger charge is 2.01. The number of hydrogen-bond acceptors (Lipinski definition) is 4. The van der Waals surface area contributed by atoms with Crippen LogP contribution in [0.5, 0.6) is 17.4 Å². The first kappa shape index (κ1) is 10.2. The molecule has 1 aromatic carbocycles. The number of nitrogens with zero attached hydrogens (tertiary/aromatic N) is 1. The summed E-state index contributed by atoms with van der Waals surface area (Å²) in [5.41, 5.74) is 0.571. The van der Waals surface area contributed by atoms with Gasteiger partial charge in [-0.2, -0.15) is 0 Å². The molecule has 0 aliphatic heterocycles. The second kappa shape index (κ2) is 4.06. The van der Waals surface area contributed by atoms with Crippen LogP contribution in [-0.2, 0) is 0 Å². The molecule has 2 aromatic rings. The lowest BCUT2D eigenvalue weighted by atomic mass is 10.2. The van der Waals surface area contributed by atoms with Gasteiger partial charge in [0, 0.05) is 6.07 Å². The molecule has 0 spiro atoms. The van der Waals surface area contributed by atoms with Gasteiger partial charge in [-0.05, 0) is 24.6 Å². The van der Waals surface area contributed by atoms with Gasteiger partial charge in [-0.3, -0.25) is 4.79 Å². The summed E-state index contributed by atoms with van der Waals surface area (Å²) in [7, 11) is 0. The summed E-state index contributed by atoms with van der Waals surface area (Å²) in [5, 5.41) is 9.36. The number of rotatable bonds is 2. The van der Waals surface area contributed by atoms with Crippen molar-refractivity contribution in [2.75, 3.05) is 0 Å². The Morgan fingerprint density at radius 3 is 2.81 bits per heavy atom. The van der Waals surface area contributed by atoms with Gasteiger partial charge in [0.1, 0.15) is 11.5 Å². The van der Waals surface area contributed by atoms with Crippen molar-refractivity contribution in [2.45, 2.75) is 6.92 Å². The van der Waals surface area contributed by atoms with E-state index in [1.165, 1.54) is 18.5 Å². The van der Waals surface area contributed by atoms with E-state index in [2.05, 4.69) is 9.97 Å². The highest BCUT2D eigenvalue weighted by atomic mass is 16.5. The van der Waals surface area contributed by atoms with Crippen LogP contribution in [0.2, 0.25) is 0 Å². The zero-order valence-corrected chi connectivity index (χ0v) is 8.60. The molecular weight excluding hydrogens is 208 g/mol. The average molecular weight is 218 g/mol. The van der Waals surface area contributed by atoms with Crippen LogP contribution in [0.3, 0.4) is 0 Å². The van der Waals surface area contributed by atoms with Crippen LogP contribution in [-0.4, -0.2) is 15.1 Å². The van der Waals surface area contributed by atoms with Gasteiger partial charge in [-0.1, -0.05) is 0 Å². The predicted octanol–water partition coefficient (Wildman–Crippen LogP) is 1.58. The highest BCUT2D eigenvalue weighted by Crippen LogP contribution is 2.24. The van der Waals surface area contributed by atoms with Gasteiger partial charge in [0.05, 0.1) is 12.4 Å². The summed E-state index contributed by atoms with van der Waals surface area (Å²) in [5.74, 6) is 0.740. The van der Waals surface area contributed by atoms with E-state index in [1.807, 2.05) is 6.92 Å². The molecule has 2 rings (SSSR count). The van der Waals surface area contributed by atoms with E-state index in [1.54, 1.807) is 12.1 Å². The first-order chi connectivity index (χ1) is 7.63. The summed E-state index contributed by atoms with van der Waals surface area (Å²) < 4.78 is 5.33. The number of aromatic nitrogens is 2. The van der Waals surface area contributed by atoms with Crippen molar-refractivity contribution >= 4 is 0 Å². The van der Waals surface area contributed by atoms with Crippen molar-refractivity contribution in [1.82, 2.24) is 9.97 Å². The zero-order chi connectivity index (χ0) is 11.5. The quantitative estimate of drug-likeness (QED) is 0.802. The molecule has 82 valence electrons. The van der Waals surface area contributed by atoms with Crippen LogP contribution in [0, 0.1) is 6.92 Å². The molecule has 5 heteroatoms. The largest absolute Gasteiger partial charge is 0.508 e. The van der Waals surface area contributed by atoms with Crippen molar-refractivity contribution < 1.29 is 9.84 Å². The molecule has 0 aliphatic rings. The van der Waals surface area contributed by atoms with Gasteiger partial charge in [0.2, 0.25) is 5.88 Å². The van der Waals surface area contributed by atoms with E-state index in [4.69, 9.17) is 4.74 Å². The third-order valence-electron chi connectivity index (χ3n) is 1.91. The number of ether oxygens (including phenoxy) is 1. The maximum Gasteiger partial charge on any atom is 0.254 e. The maximum atomic E-state index is 11.0. The SMILES string of the molecule is Cc1cc(O)cc(Oc2cc(=O)[nH]cn2)c1. The van der Waals surface area contributed by atoms with Crippen molar-refractivity contribution in [3.05, 3.63) is 46.5 Å². The van der Waals surface area contributed by atoms with Crippen LogP contribution in [0.4, 0.5) is 0 Å². The number of H-pyrrole nitrogens is 1. The number of phenols is 1. The topological polar surface area (TPSA) is 75.2 Å². The lowest BCUT2D eigenvalue weighted by Gasteiger charge is -2.05. The first-order valence-corrected chi connectivity index (χ1v) is 4.67. The number of aromatic amines is 1. The first-order valence-electron chi connectivity index (χ1n) is 4.67. The molecule has 5 nitrogen and oxygen atoms in total. The minimum atomic E-state index is -0.290. The molecular formula is C11H10N2O3. The van der Waals surface area contributed by atoms with Gasteiger partial charge in [-0.25, -0.2) is 4.98 Å². The highest BCUT2D eigenvalue weighted by molar-refractivity contribution is 5.38. The molecule has 1 heterocycles. The van der Waals surface area contributed by atoms with Gasteiger partial charge < -0.3 is 14.8 Å². The Kier molecular flexibility index (Phi) is 2.59. The Labute approximate surface area is 91.4 Å². The Morgan fingerprint density at radius 1 is 1.31 bits per heavy atom. The monoisotopic (exact) mass is 218 g/mol. The van der Waals surface area contributed by atoms with Gasteiger partial charge in [0.15, 0.2) is 0 Å². The normalized spacial score (nSPS) is 10.1. The maximum absolute atomic E-state index is 11.0. The van der Waals surface area contributed by atoms with Crippen LogP contribution < -0.4 is 10.3 Å². The summed E-state index contributed by atoms with van der Waals surface area (Å²) in [4.78, 5) is 17.2. The Morgan fingerprint density at radius 2 is 2.12 bits per heavy atom. The van der Waals surface area contributed by atoms with E-state index < -0.39 is 0 Å². The Bertz CT molecular complexity index is 543. The summed E-state index contributed by atoms with van der Waals surface area (Å²) in [6, 6.07) is 6.04. The third kappa shape index (κ3) is 2.38. The lowest BCUT2D eigenvalue weighted by molar-refractivity contribution is 0.443. The van der Waals surface area contributed by atoms with Crippen LogP contribution in [0.25, 0.3) is 0 Å². The van der Waals surface area contributed by atoms with Crippen molar-refractivity contribution in [1.29, 1.82) is 0 Å². The number of benzene rings is 1. The average Bonchev–Trinajstić information content (AvgIpc) is 2.15. The minimum Gasteiger partial charge on any atom is -0.508 e. The predicted molar refractivity (Wildman–Crippen MR) is 57.8 cm³/mol. The molecule has 0 atom stereocenters.